The maximum Gasteiger partial charge on any atom is 0.124 e. The topological polar surface area (TPSA) is 29.0 Å². The number of rotatable bonds is 6. The second-order valence-corrected chi connectivity index (χ2v) is 7.77. The Bertz CT molecular complexity index is 915. The summed E-state index contributed by atoms with van der Waals surface area (Å²) in [5, 5.41) is 8.79. The van der Waals surface area contributed by atoms with E-state index in [-0.39, 0.29) is 5.82 Å². The van der Waals surface area contributed by atoms with Gasteiger partial charge in [0.25, 0.3) is 0 Å². The van der Waals surface area contributed by atoms with Crippen LogP contribution in [0.1, 0.15) is 24.0 Å². The van der Waals surface area contributed by atoms with Crippen molar-refractivity contribution in [2.45, 2.75) is 25.9 Å². The summed E-state index contributed by atoms with van der Waals surface area (Å²) in [4.78, 5) is 0. The minimum Gasteiger partial charge on any atom is -0.343 e. The molecule has 1 aliphatic rings. The van der Waals surface area contributed by atoms with Crippen molar-refractivity contribution in [3.05, 3.63) is 70.6 Å². The molecule has 0 amide bonds. The second-order valence-electron chi connectivity index (χ2n) is 7.36. The lowest BCUT2D eigenvalue weighted by atomic mass is 9.98. The normalized spacial score (nSPS) is 15.5. The van der Waals surface area contributed by atoms with E-state index in [9.17, 15) is 4.39 Å². The fourth-order valence-corrected chi connectivity index (χ4v) is 4.15. The third kappa shape index (κ3) is 4.34. The van der Waals surface area contributed by atoms with E-state index in [1.165, 1.54) is 41.4 Å². The third-order valence-corrected chi connectivity index (χ3v) is 5.79. The molecule has 0 aliphatic carbocycles. The first-order chi connectivity index (χ1) is 13.2. The van der Waals surface area contributed by atoms with Crippen LogP contribution < -0.4 is 10.6 Å². The van der Waals surface area contributed by atoms with Crippen molar-refractivity contribution in [3.8, 4) is 0 Å². The Kier molecular flexibility index (Phi) is 5.77. The molecule has 0 radical (unpaired) electrons. The molecule has 3 aromatic rings. The van der Waals surface area contributed by atoms with Gasteiger partial charge in [-0.15, -0.1) is 0 Å². The highest BCUT2D eigenvalue weighted by Crippen LogP contribution is 2.25. The van der Waals surface area contributed by atoms with Crippen LogP contribution in [-0.4, -0.2) is 24.2 Å². The highest BCUT2D eigenvalue weighted by atomic mass is 35.5. The van der Waals surface area contributed by atoms with Crippen LogP contribution in [0.3, 0.4) is 0 Å². The Morgan fingerprint density at radius 3 is 2.74 bits per heavy atom. The van der Waals surface area contributed by atoms with Crippen molar-refractivity contribution >= 4 is 22.5 Å². The van der Waals surface area contributed by atoms with Crippen LogP contribution in [0.4, 0.5) is 4.39 Å². The molecule has 142 valence electrons. The summed E-state index contributed by atoms with van der Waals surface area (Å²) in [6.07, 6.45) is 4.69. The average molecular weight is 386 g/mol. The number of hydrogen-bond acceptors (Lipinski definition) is 2. The van der Waals surface area contributed by atoms with Crippen LogP contribution in [-0.2, 0) is 13.1 Å². The SMILES string of the molecule is Fc1ccc(Cn2cc(CNCC3CCNCC3)c3ccccc32)c(Cl)c1. The standard InChI is InChI=1S/C22H25ClFN3/c23-21-11-19(24)6-5-17(21)14-27-15-18(20-3-1-2-4-22(20)27)13-26-12-16-7-9-25-10-8-16/h1-6,11,15-16,25-26H,7-10,12-14H2. The van der Waals surface area contributed by atoms with Gasteiger partial charge in [0.05, 0.1) is 0 Å². The third-order valence-electron chi connectivity index (χ3n) is 5.43. The summed E-state index contributed by atoms with van der Waals surface area (Å²) in [6.45, 7) is 4.81. The largest absolute Gasteiger partial charge is 0.343 e. The zero-order chi connectivity index (χ0) is 18.6. The van der Waals surface area contributed by atoms with Crippen LogP contribution in [0.15, 0.2) is 48.7 Å². The predicted octanol–water partition coefficient (Wildman–Crippen LogP) is 4.57. The fourth-order valence-electron chi connectivity index (χ4n) is 3.92. The number of benzene rings is 2. The van der Waals surface area contributed by atoms with Crippen molar-refractivity contribution in [3.63, 3.8) is 0 Å². The van der Waals surface area contributed by atoms with Crippen molar-refractivity contribution in [1.82, 2.24) is 15.2 Å². The number of para-hydroxylation sites is 1. The molecule has 0 spiro atoms. The van der Waals surface area contributed by atoms with E-state index in [4.69, 9.17) is 11.6 Å². The van der Waals surface area contributed by atoms with E-state index in [1.54, 1.807) is 6.07 Å². The maximum atomic E-state index is 13.3. The van der Waals surface area contributed by atoms with Crippen LogP contribution in [0, 0.1) is 11.7 Å². The van der Waals surface area contributed by atoms with Crippen LogP contribution in [0.5, 0.6) is 0 Å². The van der Waals surface area contributed by atoms with Crippen molar-refractivity contribution in [2.24, 2.45) is 5.92 Å². The molecule has 0 bridgehead atoms. The monoisotopic (exact) mass is 385 g/mol. The molecular formula is C22H25ClFN3. The Balaban J connectivity index is 1.51. The number of fused-ring (bicyclic) bond motifs is 1. The molecule has 0 saturated carbocycles. The maximum absolute atomic E-state index is 13.3. The van der Waals surface area contributed by atoms with Crippen molar-refractivity contribution in [2.75, 3.05) is 19.6 Å². The molecular weight excluding hydrogens is 361 g/mol. The fraction of sp³-hybridized carbons (Fsp3) is 0.364. The molecule has 0 unspecified atom stereocenters. The number of halogens is 2. The summed E-state index contributed by atoms with van der Waals surface area (Å²) in [7, 11) is 0. The lowest BCUT2D eigenvalue weighted by molar-refractivity contribution is 0.356. The molecule has 2 N–H and O–H groups in total. The summed E-state index contributed by atoms with van der Waals surface area (Å²) in [5.74, 6) is 0.460. The van der Waals surface area contributed by atoms with Gasteiger partial charge in [-0.3, -0.25) is 0 Å². The van der Waals surface area contributed by atoms with E-state index in [1.807, 2.05) is 0 Å². The zero-order valence-electron chi connectivity index (χ0n) is 15.3. The molecule has 1 aliphatic heterocycles. The van der Waals surface area contributed by atoms with Gasteiger partial charge in [0.1, 0.15) is 5.82 Å². The molecule has 27 heavy (non-hydrogen) atoms. The zero-order valence-corrected chi connectivity index (χ0v) is 16.1. The summed E-state index contributed by atoms with van der Waals surface area (Å²) in [6, 6.07) is 13.0. The van der Waals surface area contributed by atoms with Gasteiger partial charge in [0.2, 0.25) is 0 Å². The van der Waals surface area contributed by atoms with Crippen LogP contribution >= 0.6 is 11.6 Å². The van der Waals surface area contributed by atoms with Gasteiger partial charge in [0.15, 0.2) is 0 Å². The molecule has 1 aromatic heterocycles. The molecule has 2 heterocycles. The first-order valence-corrected chi connectivity index (χ1v) is 10.0. The van der Waals surface area contributed by atoms with Crippen molar-refractivity contribution < 1.29 is 4.39 Å². The Hall–Kier alpha value is -1.88. The molecule has 2 aromatic carbocycles. The van der Waals surface area contributed by atoms with Gasteiger partial charge in [-0.05, 0) is 67.7 Å². The van der Waals surface area contributed by atoms with E-state index in [0.717, 1.165) is 37.7 Å². The predicted molar refractivity (Wildman–Crippen MR) is 110 cm³/mol. The molecule has 1 saturated heterocycles. The lowest BCUT2D eigenvalue weighted by Crippen LogP contribution is -2.33. The molecule has 3 nitrogen and oxygen atoms in total. The average Bonchev–Trinajstić information content (AvgIpc) is 3.03. The number of nitrogens with one attached hydrogen (secondary N) is 2. The first kappa shape index (κ1) is 18.5. The van der Waals surface area contributed by atoms with Gasteiger partial charge >= 0.3 is 0 Å². The molecule has 4 rings (SSSR count). The minimum atomic E-state index is -0.302. The summed E-state index contributed by atoms with van der Waals surface area (Å²) < 4.78 is 15.5. The second kappa shape index (κ2) is 8.42. The van der Waals surface area contributed by atoms with E-state index >= 15 is 0 Å². The quantitative estimate of drug-likeness (QED) is 0.650. The minimum absolute atomic E-state index is 0.302. The van der Waals surface area contributed by atoms with Crippen LogP contribution in [0.2, 0.25) is 5.02 Å². The molecule has 0 atom stereocenters. The Labute approximate surface area is 164 Å². The van der Waals surface area contributed by atoms with E-state index < -0.39 is 0 Å². The van der Waals surface area contributed by atoms with Crippen LogP contribution in [0.25, 0.3) is 10.9 Å². The first-order valence-electron chi connectivity index (χ1n) is 9.63. The summed E-state index contributed by atoms with van der Waals surface area (Å²) in [5.41, 5.74) is 3.39. The van der Waals surface area contributed by atoms with Gasteiger partial charge in [-0.1, -0.05) is 35.9 Å². The number of hydrogen-bond donors (Lipinski definition) is 2. The van der Waals surface area contributed by atoms with Gasteiger partial charge in [-0.25, -0.2) is 4.39 Å². The highest BCUT2D eigenvalue weighted by molar-refractivity contribution is 6.31. The highest BCUT2D eigenvalue weighted by Gasteiger charge is 2.14. The smallest absolute Gasteiger partial charge is 0.124 e. The van der Waals surface area contributed by atoms with Crippen molar-refractivity contribution in [1.29, 1.82) is 0 Å². The number of piperidine rings is 1. The number of aromatic nitrogens is 1. The molecule has 5 heteroatoms. The number of nitrogens with zero attached hydrogens (tertiary/aromatic N) is 1. The van der Waals surface area contributed by atoms with E-state index in [2.05, 4.69) is 45.7 Å². The van der Waals surface area contributed by atoms with E-state index in [0.29, 0.717) is 11.6 Å². The van der Waals surface area contributed by atoms with Gasteiger partial charge in [0, 0.05) is 35.2 Å². The summed E-state index contributed by atoms with van der Waals surface area (Å²) >= 11 is 6.24. The lowest BCUT2D eigenvalue weighted by Gasteiger charge is -2.22. The van der Waals surface area contributed by atoms with Gasteiger partial charge < -0.3 is 15.2 Å². The molecule has 1 fully saturated rings. The van der Waals surface area contributed by atoms with Gasteiger partial charge in [-0.2, -0.15) is 0 Å². The Morgan fingerprint density at radius 1 is 1.11 bits per heavy atom. The Morgan fingerprint density at radius 2 is 1.93 bits per heavy atom.